The summed E-state index contributed by atoms with van der Waals surface area (Å²) in [5.41, 5.74) is 1.15. The zero-order chi connectivity index (χ0) is 22.2. The van der Waals surface area contributed by atoms with Crippen LogP contribution in [0.25, 0.3) is 11.0 Å². The summed E-state index contributed by atoms with van der Waals surface area (Å²) in [6.45, 7) is -0.201. The van der Waals surface area contributed by atoms with Crippen molar-refractivity contribution in [2.24, 2.45) is 0 Å². The lowest BCUT2D eigenvalue weighted by Gasteiger charge is -2.10. The van der Waals surface area contributed by atoms with Crippen molar-refractivity contribution in [1.82, 2.24) is 9.38 Å². The monoisotopic (exact) mass is 455 g/mol. The second kappa shape index (κ2) is 8.08. The van der Waals surface area contributed by atoms with Gasteiger partial charge in [0.2, 0.25) is 6.79 Å². The number of aryl methyl sites for hydroxylation is 2. The Kier molecular flexibility index (Phi) is 5.10. The van der Waals surface area contributed by atoms with Gasteiger partial charge < -0.3 is 14.2 Å². The Morgan fingerprint density at radius 3 is 2.84 bits per heavy atom. The second-order valence-electron chi connectivity index (χ2n) is 7.35. The van der Waals surface area contributed by atoms with E-state index in [9.17, 15) is 19.7 Å². The van der Waals surface area contributed by atoms with E-state index in [0.29, 0.717) is 16.4 Å². The zero-order valence-corrected chi connectivity index (χ0v) is 17.6. The number of ether oxygens (including phenoxy) is 3. The zero-order valence-electron chi connectivity index (χ0n) is 16.7. The lowest BCUT2D eigenvalue weighted by atomic mass is 10.0. The molecule has 3 aromatic rings. The number of benzene rings is 1. The average Bonchev–Trinajstić information content (AvgIpc) is 3.39. The molecule has 0 saturated heterocycles. The van der Waals surface area contributed by atoms with Crippen LogP contribution in [0.2, 0.25) is 0 Å². The highest BCUT2D eigenvalue weighted by Gasteiger charge is 2.22. The standard InChI is InChI=1S/C21H17N3O7S/c25-19-8-13(22-21-23(19)14-3-1-2-4-18(14)32-21)10-29-20(26)6-5-12-7-16-17(31-11-30-16)9-15(12)24(27)28/h5-9H,1-4,10-11H2. The van der Waals surface area contributed by atoms with Crippen LogP contribution in [0, 0.1) is 10.1 Å². The number of carbonyl (C=O) groups is 1. The fraction of sp³-hybridized carbons (Fsp3) is 0.286. The van der Waals surface area contributed by atoms with E-state index in [1.807, 2.05) is 0 Å². The number of nitrogens with zero attached hydrogens (tertiary/aromatic N) is 3. The van der Waals surface area contributed by atoms with Crippen LogP contribution in [0.15, 0.2) is 29.1 Å². The minimum Gasteiger partial charge on any atom is -0.456 e. The molecule has 0 spiro atoms. The Morgan fingerprint density at radius 2 is 2.03 bits per heavy atom. The molecular weight excluding hydrogens is 438 g/mol. The average molecular weight is 455 g/mol. The molecule has 0 atom stereocenters. The van der Waals surface area contributed by atoms with Crippen molar-refractivity contribution in [1.29, 1.82) is 0 Å². The molecule has 0 saturated carbocycles. The topological polar surface area (TPSA) is 122 Å². The highest BCUT2D eigenvalue weighted by atomic mass is 32.1. The Morgan fingerprint density at radius 1 is 1.25 bits per heavy atom. The van der Waals surface area contributed by atoms with Gasteiger partial charge in [-0.05, 0) is 37.8 Å². The Labute approximate surface area is 184 Å². The van der Waals surface area contributed by atoms with Crippen molar-refractivity contribution in [2.75, 3.05) is 6.79 Å². The first-order chi connectivity index (χ1) is 15.5. The maximum absolute atomic E-state index is 12.6. The summed E-state index contributed by atoms with van der Waals surface area (Å²) in [7, 11) is 0. The predicted molar refractivity (Wildman–Crippen MR) is 114 cm³/mol. The first-order valence-corrected chi connectivity index (χ1v) is 10.8. The predicted octanol–water partition coefficient (Wildman–Crippen LogP) is 3.03. The number of nitro groups is 1. The first-order valence-electron chi connectivity index (χ1n) is 9.96. The van der Waals surface area contributed by atoms with Gasteiger partial charge in [0.05, 0.1) is 22.2 Å². The molecule has 0 amide bonds. The molecule has 0 fully saturated rings. The maximum atomic E-state index is 12.6. The number of esters is 1. The van der Waals surface area contributed by atoms with Crippen molar-refractivity contribution in [3.05, 3.63) is 66.6 Å². The van der Waals surface area contributed by atoms with E-state index in [1.54, 1.807) is 4.40 Å². The molecule has 32 heavy (non-hydrogen) atoms. The number of hydrogen-bond donors (Lipinski definition) is 0. The van der Waals surface area contributed by atoms with Gasteiger partial charge in [0.25, 0.3) is 11.2 Å². The lowest BCUT2D eigenvalue weighted by Crippen LogP contribution is -2.18. The number of thiazole rings is 1. The molecule has 11 heteroatoms. The van der Waals surface area contributed by atoms with E-state index in [-0.39, 0.29) is 36.0 Å². The molecule has 10 nitrogen and oxygen atoms in total. The Hall–Kier alpha value is -3.73. The molecule has 1 aliphatic carbocycles. The summed E-state index contributed by atoms with van der Waals surface area (Å²) in [5.74, 6) is -0.0795. The van der Waals surface area contributed by atoms with E-state index < -0.39 is 10.9 Å². The maximum Gasteiger partial charge on any atom is 0.331 e. The molecule has 2 aliphatic rings. The Bertz CT molecular complexity index is 1340. The summed E-state index contributed by atoms with van der Waals surface area (Å²) in [6, 6.07) is 4.05. The number of aromatic nitrogens is 2. The van der Waals surface area contributed by atoms with Crippen LogP contribution in [0.4, 0.5) is 5.69 Å². The van der Waals surface area contributed by atoms with Crippen LogP contribution < -0.4 is 15.0 Å². The largest absolute Gasteiger partial charge is 0.456 e. The molecule has 164 valence electrons. The third kappa shape index (κ3) is 3.71. The van der Waals surface area contributed by atoms with E-state index in [1.165, 1.54) is 40.5 Å². The molecule has 1 aromatic carbocycles. The minimum absolute atomic E-state index is 0.0216. The molecule has 2 aromatic heterocycles. The Balaban J connectivity index is 1.31. The van der Waals surface area contributed by atoms with Crippen molar-refractivity contribution >= 4 is 34.0 Å². The van der Waals surface area contributed by atoms with Crippen molar-refractivity contribution in [3.8, 4) is 11.5 Å². The number of carbonyl (C=O) groups excluding carboxylic acids is 1. The van der Waals surface area contributed by atoms with Gasteiger partial charge >= 0.3 is 5.97 Å². The van der Waals surface area contributed by atoms with E-state index >= 15 is 0 Å². The molecule has 0 bridgehead atoms. The minimum atomic E-state index is -0.718. The molecule has 3 heterocycles. The molecular formula is C21H17N3O7S. The van der Waals surface area contributed by atoms with Crippen LogP contribution in [-0.2, 0) is 29.0 Å². The van der Waals surface area contributed by atoms with Gasteiger partial charge in [-0.3, -0.25) is 19.3 Å². The van der Waals surface area contributed by atoms with Crippen LogP contribution in [0.3, 0.4) is 0 Å². The number of fused-ring (bicyclic) bond motifs is 4. The van der Waals surface area contributed by atoms with Gasteiger partial charge in [-0.25, -0.2) is 9.78 Å². The summed E-state index contributed by atoms with van der Waals surface area (Å²) >= 11 is 1.50. The number of rotatable bonds is 5. The van der Waals surface area contributed by atoms with Crippen molar-refractivity contribution < 1.29 is 23.9 Å². The highest BCUT2D eigenvalue weighted by molar-refractivity contribution is 7.17. The van der Waals surface area contributed by atoms with E-state index in [0.717, 1.165) is 37.5 Å². The third-order valence-electron chi connectivity index (χ3n) is 5.29. The molecule has 0 unspecified atom stereocenters. The summed E-state index contributed by atoms with van der Waals surface area (Å²) < 4.78 is 17.2. The molecule has 0 N–H and O–H groups in total. The normalized spacial score (nSPS) is 14.6. The van der Waals surface area contributed by atoms with Gasteiger partial charge in [0.1, 0.15) is 6.61 Å². The second-order valence-corrected chi connectivity index (χ2v) is 8.41. The molecule has 5 rings (SSSR count). The van der Waals surface area contributed by atoms with Gasteiger partial charge in [0, 0.05) is 22.7 Å². The number of nitro benzene ring substituents is 1. The highest BCUT2D eigenvalue weighted by Crippen LogP contribution is 2.38. The quantitative estimate of drug-likeness (QED) is 0.249. The van der Waals surface area contributed by atoms with Crippen LogP contribution in [0.5, 0.6) is 11.5 Å². The van der Waals surface area contributed by atoms with Gasteiger partial charge in [-0.2, -0.15) is 0 Å². The van der Waals surface area contributed by atoms with Gasteiger partial charge in [-0.1, -0.05) is 0 Å². The summed E-state index contributed by atoms with van der Waals surface area (Å²) in [4.78, 5) is 41.7. The fourth-order valence-corrected chi connectivity index (χ4v) is 5.04. The fourth-order valence-electron chi connectivity index (χ4n) is 3.81. The van der Waals surface area contributed by atoms with Crippen LogP contribution in [0.1, 0.15) is 34.7 Å². The SMILES string of the molecule is O=C(C=Cc1cc2c(cc1[N+](=O)[O-])OCO2)OCc1cc(=O)n2c3c(sc2n1)CCCC3. The van der Waals surface area contributed by atoms with Crippen molar-refractivity contribution in [2.45, 2.75) is 32.3 Å². The first kappa shape index (κ1) is 20.2. The molecule has 0 radical (unpaired) electrons. The third-order valence-corrected chi connectivity index (χ3v) is 6.44. The molecule has 1 aliphatic heterocycles. The summed E-state index contributed by atoms with van der Waals surface area (Å²) in [5, 5.41) is 11.3. The smallest absolute Gasteiger partial charge is 0.331 e. The van der Waals surface area contributed by atoms with E-state index in [2.05, 4.69) is 4.98 Å². The summed E-state index contributed by atoms with van der Waals surface area (Å²) in [6.07, 6.45) is 6.33. The lowest BCUT2D eigenvalue weighted by molar-refractivity contribution is -0.385. The van der Waals surface area contributed by atoms with Gasteiger partial charge in [0.15, 0.2) is 16.5 Å². The number of hydrogen-bond acceptors (Lipinski definition) is 9. The van der Waals surface area contributed by atoms with Gasteiger partial charge in [-0.15, -0.1) is 11.3 Å². The van der Waals surface area contributed by atoms with Crippen LogP contribution >= 0.6 is 11.3 Å². The van der Waals surface area contributed by atoms with Crippen molar-refractivity contribution in [3.63, 3.8) is 0 Å². The van der Waals surface area contributed by atoms with Crippen LogP contribution in [-0.4, -0.2) is 27.1 Å². The van der Waals surface area contributed by atoms with E-state index in [4.69, 9.17) is 14.2 Å².